The number of allylic oxidation sites excluding steroid dienone is 11. The van der Waals surface area contributed by atoms with Crippen molar-refractivity contribution in [3.05, 3.63) is 158 Å². The van der Waals surface area contributed by atoms with Gasteiger partial charge in [0.25, 0.3) is 5.91 Å². The zero-order valence-electron chi connectivity index (χ0n) is 19.0. The van der Waals surface area contributed by atoms with Gasteiger partial charge in [-0.1, -0.05) is 117 Å². The summed E-state index contributed by atoms with van der Waals surface area (Å²) in [6.45, 7) is 19.3. The van der Waals surface area contributed by atoms with Crippen LogP contribution in [0.2, 0.25) is 0 Å². The average molecular weight is 422 g/mol. The first-order valence-electron chi connectivity index (χ1n) is 10.6. The summed E-state index contributed by atoms with van der Waals surface area (Å²) in [7, 11) is 0. The van der Waals surface area contributed by atoms with E-state index in [0.717, 1.165) is 22.4 Å². The fourth-order valence-electron chi connectivity index (χ4n) is 4.10. The molecule has 1 aliphatic heterocycles. The highest BCUT2D eigenvalue weighted by Gasteiger charge is 2.55. The molecule has 1 aliphatic rings. The Kier molecular flexibility index (Phi) is 8.73. The molecular weight excluding hydrogens is 390 g/mol. The van der Waals surface area contributed by atoms with Crippen LogP contribution in [0.1, 0.15) is 19.4 Å². The molecular formula is C30H31NO. The van der Waals surface area contributed by atoms with E-state index in [1.165, 1.54) is 0 Å². The van der Waals surface area contributed by atoms with Gasteiger partial charge < -0.3 is 0 Å². The predicted octanol–water partition coefficient (Wildman–Crippen LogP) is 7.28. The summed E-state index contributed by atoms with van der Waals surface area (Å²) in [5.74, 6) is -0.116. The molecule has 0 N–H and O–H groups in total. The van der Waals surface area contributed by atoms with Crippen LogP contribution in [-0.4, -0.2) is 10.8 Å². The maximum atomic E-state index is 14.0. The molecule has 1 unspecified atom stereocenters. The van der Waals surface area contributed by atoms with E-state index in [1.807, 2.05) is 91.6 Å². The molecule has 2 rings (SSSR count). The maximum absolute atomic E-state index is 14.0. The minimum absolute atomic E-state index is 0.116. The Morgan fingerprint density at radius 3 is 2.00 bits per heavy atom. The van der Waals surface area contributed by atoms with Gasteiger partial charge in [0, 0.05) is 11.3 Å². The van der Waals surface area contributed by atoms with Gasteiger partial charge >= 0.3 is 0 Å². The van der Waals surface area contributed by atoms with E-state index in [0.29, 0.717) is 5.57 Å². The third-order valence-corrected chi connectivity index (χ3v) is 5.31. The first-order chi connectivity index (χ1) is 15.6. The zero-order valence-corrected chi connectivity index (χ0v) is 19.0. The highest BCUT2D eigenvalue weighted by Crippen LogP contribution is 2.53. The van der Waals surface area contributed by atoms with Crippen LogP contribution in [0, 0.1) is 0 Å². The van der Waals surface area contributed by atoms with Gasteiger partial charge in [0.1, 0.15) is 5.54 Å². The Balaban J connectivity index is 3.16. The smallest absolute Gasteiger partial charge is 0.259 e. The number of carbonyl (C=O) groups excluding carboxylic acids is 1. The van der Waals surface area contributed by atoms with Crippen molar-refractivity contribution in [3.63, 3.8) is 0 Å². The molecule has 1 aromatic carbocycles. The summed E-state index contributed by atoms with van der Waals surface area (Å²) in [5, 5.41) is 0. The van der Waals surface area contributed by atoms with E-state index in [2.05, 4.69) is 26.3 Å². The van der Waals surface area contributed by atoms with E-state index < -0.39 is 5.54 Å². The first kappa shape index (κ1) is 24.4. The Hall–Kier alpha value is -3.91. The molecule has 32 heavy (non-hydrogen) atoms. The first-order valence-corrected chi connectivity index (χ1v) is 10.6. The summed E-state index contributed by atoms with van der Waals surface area (Å²) in [4.78, 5) is 15.8. The fourth-order valence-corrected chi connectivity index (χ4v) is 4.10. The minimum atomic E-state index is -0.914. The van der Waals surface area contributed by atoms with Crippen molar-refractivity contribution in [3.8, 4) is 0 Å². The van der Waals surface area contributed by atoms with Crippen LogP contribution in [0.4, 0.5) is 0 Å². The van der Waals surface area contributed by atoms with Gasteiger partial charge in [-0.05, 0) is 42.7 Å². The van der Waals surface area contributed by atoms with Gasteiger partial charge in [-0.15, -0.1) is 0 Å². The summed E-state index contributed by atoms with van der Waals surface area (Å²) in [6, 6.07) is 10.0. The van der Waals surface area contributed by atoms with Gasteiger partial charge in [-0.25, -0.2) is 0 Å². The number of carbonyl (C=O) groups is 1. The molecule has 1 atom stereocenters. The number of rotatable bonds is 9. The number of hydrogen-bond acceptors (Lipinski definition) is 1. The topological polar surface area (TPSA) is 20.3 Å². The second-order valence-corrected chi connectivity index (χ2v) is 7.00. The molecule has 0 bridgehead atoms. The maximum Gasteiger partial charge on any atom is 0.259 e. The quantitative estimate of drug-likeness (QED) is 0.303. The Labute approximate surface area is 192 Å². The molecule has 0 saturated carbocycles. The van der Waals surface area contributed by atoms with Crippen LogP contribution in [0.25, 0.3) is 0 Å². The second kappa shape index (κ2) is 11.5. The van der Waals surface area contributed by atoms with E-state index >= 15 is 0 Å². The van der Waals surface area contributed by atoms with Crippen LogP contribution in [0.15, 0.2) is 152 Å². The third-order valence-electron chi connectivity index (χ3n) is 5.31. The lowest BCUT2D eigenvalue weighted by Crippen LogP contribution is -2.44. The molecule has 1 saturated heterocycles. The molecule has 1 amide bonds. The lowest BCUT2D eigenvalue weighted by molar-refractivity contribution is -0.125. The highest BCUT2D eigenvalue weighted by atomic mass is 16.2. The lowest BCUT2D eigenvalue weighted by Gasteiger charge is -2.41. The monoisotopic (exact) mass is 421 g/mol. The predicted molar refractivity (Wildman–Crippen MR) is 138 cm³/mol. The fraction of sp³-hybridized carbons (Fsp3) is 0.100. The number of hydrogen-bond donors (Lipinski definition) is 0. The summed E-state index contributed by atoms with van der Waals surface area (Å²) >= 11 is 0. The van der Waals surface area contributed by atoms with E-state index in [9.17, 15) is 4.79 Å². The zero-order chi connectivity index (χ0) is 23.6. The third kappa shape index (κ3) is 4.26. The number of amides is 1. The molecule has 0 spiro atoms. The molecule has 1 aromatic rings. The van der Waals surface area contributed by atoms with Crippen molar-refractivity contribution in [2.24, 2.45) is 0 Å². The molecule has 2 heteroatoms. The van der Waals surface area contributed by atoms with E-state index in [-0.39, 0.29) is 5.91 Å². The molecule has 0 aromatic heterocycles. The van der Waals surface area contributed by atoms with Crippen LogP contribution in [-0.2, 0) is 10.3 Å². The molecule has 0 aliphatic carbocycles. The van der Waals surface area contributed by atoms with Crippen molar-refractivity contribution >= 4 is 5.91 Å². The number of likely N-dealkylation sites (tertiary alicyclic amines) is 1. The highest BCUT2D eigenvalue weighted by molar-refractivity contribution is 6.06. The molecule has 2 nitrogen and oxygen atoms in total. The van der Waals surface area contributed by atoms with Crippen molar-refractivity contribution in [1.82, 2.24) is 4.90 Å². The molecule has 0 radical (unpaired) electrons. The summed E-state index contributed by atoms with van der Waals surface area (Å²) < 4.78 is 0. The van der Waals surface area contributed by atoms with Gasteiger partial charge in [0.15, 0.2) is 0 Å². The summed E-state index contributed by atoms with van der Waals surface area (Å²) in [6.07, 6.45) is 22.1. The standard InChI is InChI=1S/C30H31NO/c1-7-13-20-24(11-5)30(25-21-16-15-17-22-25)28(19-10-4)27(18-9-3)29(32)31(30)26(12-6)23-14-8-2/h7-23H,1-4H2,5-6H3/b20-13-,23-14-,24-11+,26-12+,27-18+,28-19+. The largest absolute Gasteiger partial charge is 0.290 e. The Morgan fingerprint density at radius 1 is 0.844 bits per heavy atom. The molecule has 162 valence electrons. The van der Waals surface area contributed by atoms with Crippen LogP contribution < -0.4 is 0 Å². The normalized spacial score (nSPS) is 22.3. The van der Waals surface area contributed by atoms with Gasteiger partial charge in [0.05, 0.1) is 0 Å². The van der Waals surface area contributed by atoms with Crippen LogP contribution >= 0.6 is 0 Å². The Bertz CT molecular complexity index is 1070. The van der Waals surface area contributed by atoms with Gasteiger partial charge in [0.2, 0.25) is 0 Å². The van der Waals surface area contributed by atoms with E-state index in [4.69, 9.17) is 0 Å². The number of benzene rings is 1. The summed E-state index contributed by atoms with van der Waals surface area (Å²) in [5.41, 5.74) is 3.14. The minimum Gasteiger partial charge on any atom is -0.290 e. The number of nitrogens with zero attached hydrogens (tertiary/aromatic N) is 1. The average Bonchev–Trinajstić information content (AvgIpc) is 3.05. The van der Waals surface area contributed by atoms with Gasteiger partial charge in [-0.2, -0.15) is 0 Å². The van der Waals surface area contributed by atoms with Crippen molar-refractivity contribution < 1.29 is 4.79 Å². The second-order valence-electron chi connectivity index (χ2n) is 7.00. The molecule has 1 heterocycles. The SMILES string of the molecule is C=C/C=C\C(=C/C)N1C(=O)C(=C/C=C)/C(=C\C=C)C1(C(/C=C\C=C)=C/C)c1ccccc1. The van der Waals surface area contributed by atoms with Gasteiger partial charge in [-0.3, -0.25) is 9.69 Å². The van der Waals surface area contributed by atoms with E-state index in [1.54, 1.807) is 30.4 Å². The van der Waals surface area contributed by atoms with Crippen LogP contribution in [0.3, 0.4) is 0 Å². The van der Waals surface area contributed by atoms with Crippen molar-refractivity contribution in [2.75, 3.05) is 0 Å². The molecule has 1 fully saturated rings. The van der Waals surface area contributed by atoms with Crippen molar-refractivity contribution in [2.45, 2.75) is 19.4 Å². The van der Waals surface area contributed by atoms with Crippen molar-refractivity contribution in [1.29, 1.82) is 0 Å². The lowest BCUT2D eigenvalue weighted by atomic mass is 9.74. The Morgan fingerprint density at radius 2 is 1.47 bits per heavy atom. The van der Waals surface area contributed by atoms with Crippen LogP contribution in [0.5, 0.6) is 0 Å².